The van der Waals surface area contributed by atoms with Gasteiger partial charge in [0.2, 0.25) is 0 Å². The van der Waals surface area contributed by atoms with Gasteiger partial charge in [0.15, 0.2) is 0 Å². The summed E-state index contributed by atoms with van der Waals surface area (Å²) in [7, 11) is 0. The van der Waals surface area contributed by atoms with E-state index in [1.54, 1.807) is 0 Å². The summed E-state index contributed by atoms with van der Waals surface area (Å²) < 4.78 is 8.88. The summed E-state index contributed by atoms with van der Waals surface area (Å²) in [4.78, 5) is 0. The molecule has 1 saturated carbocycles. The van der Waals surface area contributed by atoms with Gasteiger partial charge < -0.3 is 9.47 Å². The second kappa shape index (κ2) is 1.83. The van der Waals surface area contributed by atoms with Gasteiger partial charge in [-0.15, -0.1) is 0 Å². The summed E-state index contributed by atoms with van der Waals surface area (Å²) in [6, 6.07) is 0. The number of hydrogen-bond donors (Lipinski definition) is 0. The van der Waals surface area contributed by atoms with Crippen LogP contribution >= 0.6 is 0 Å². The third kappa shape index (κ3) is 1.03. The van der Waals surface area contributed by atoms with Gasteiger partial charge in [-0.05, 0) is 0 Å². The van der Waals surface area contributed by atoms with E-state index in [9.17, 15) is 0 Å². The molecule has 4 nitrogen and oxygen atoms in total. The first-order valence-corrected chi connectivity index (χ1v) is 2.47. The molecule has 1 aliphatic carbocycles. The fourth-order valence-corrected chi connectivity index (χ4v) is 0.493. The van der Waals surface area contributed by atoms with Gasteiger partial charge in [-0.25, -0.2) is 0 Å². The average molecular weight is 124 g/mol. The van der Waals surface area contributed by atoms with Crippen LogP contribution in [0.3, 0.4) is 0 Å². The van der Waals surface area contributed by atoms with Crippen LogP contribution in [0, 0.1) is 23.0 Å². The molecular formula is C5H4N2O2. The van der Waals surface area contributed by atoms with E-state index in [1.165, 1.54) is 12.5 Å². The van der Waals surface area contributed by atoms with Crippen molar-refractivity contribution in [2.75, 3.05) is 0 Å². The van der Waals surface area contributed by atoms with Crippen LogP contribution in [-0.4, -0.2) is 5.79 Å². The van der Waals surface area contributed by atoms with Crippen LogP contribution in [0.2, 0.25) is 0 Å². The van der Waals surface area contributed by atoms with Crippen LogP contribution in [0.5, 0.6) is 0 Å². The van der Waals surface area contributed by atoms with Crippen LogP contribution in [0.25, 0.3) is 0 Å². The van der Waals surface area contributed by atoms with Crippen LogP contribution in [0.15, 0.2) is 0 Å². The van der Waals surface area contributed by atoms with Gasteiger partial charge >= 0.3 is 0 Å². The van der Waals surface area contributed by atoms with Crippen LogP contribution in [0.4, 0.5) is 0 Å². The Kier molecular flexibility index (Phi) is 1.16. The zero-order chi connectivity index (χ0) is 6.74. The molecule has 0 heterocycles. The maximum absolute atomic E-state index is 8.01. The first kappa shape index (κ1) is 5.71. The molecule has 0 amide bonds. The lowest BCUT2D eigenvalue weighted by Gasteiger charge is -2.04. The van der Waals surface area contributed by atoms with Gasteiger partial charge in [-0.2, -0.15) is 10.5 Å². The van der Waals surface area contributed by atoms with Gasteiger partial charge in [-0.1, -0.05) is 0 Å². The fourth-order valence-electron chi connectivity index (χ4n) is 0.493. The first-order chi connectivity index (χ1) is 4.33. The molecule has 0 atom stereocenters. The Balaban J connectivity index is 2.38. The van der Waals surface area contributed by atoms with E-state index in [-0.39, 0.29) is 0 Å². The highest BCUT2D eigenvalue weighted by atomic mass is 16.7. The molecule has 1 fully saturated rings. The van der Waals surface area contributed by atoms with E-state index in [0.29, 0.717) is 12.8 Å². The lowest BCUT2D eigenvalue weighted by molar-refractivity contribution is -0.0703. The van der Waals surface area contributed by atoms with Crippen molar-refractivity contribution in [3.63, 3.8) is 0 Å². The molecule has 1 rings (SSSR count). The molecule has 0 unspecified atom stereocenters. The summed E-state index contributed by atoms with van der Waals surface area (Å²) in [6.07, 6.45) is 4.22. The van der Waals surface area contributed by atoms with Gasteiger partial charge in [0.25, 0.3) is 18.3 Å². The van der Waals surface area contributed by atoms with Crippen molar-refractivity contribution < 1.29 is 9.47 Å². The van der Waals surface area contributed by atoms with Crippen molar-refractivity contribution in [2.45, 2.75) is 18.6 Å². The summed E-state index contributed by atoms with van der Waals surface area (Å²) in [5.41, 5.74) is 0. The van der Waals surface area contributed by atoms with Gasteiger partial charge in [0, 0.05) is 12.8 Å². The lowest BCUT2D eigenvalue weighted by Crippen LogP contribution is -2.12. The summed E-state index contributed by atoms with van der Waals surface area (Å²) in [6.45, 7) is 0. The highest BCUT2D eigenvalue weighted by Crippen LogP contribution is 2.39. The SMILES string of the molecule is N#COC1(OC#N)CC1. The fraction of sp³-hybridized carbons (Fsp3) is 0.600. The van der Waals surface area contributed by atoms with Gasteiger partial charge in [0.05, 0.1) is 0 Å². The zero-order valence-corrected chi connectivity index (χ0v) is 4.63. The Bertz CT molecular complexity index is 166. The smallest absolute Gasteiger partial charge is 0.290 e. The van der Waals surface area contributed by atoms with Crippen molar-refractivity contribution in [1.82, 2.24) is 0 Å². The van der Waals surface area contributed by atoms with Crippen LogP contribution in [-0.2, 0) is 9.47 Å². The van der Waals surface area contributed by atoms with Crippen molar-refractivity contribution in [2.24, 2.45) is 0 Å². The second-order valence-corrected chi connectivity index (χ2v) is 1.80. The first-order valence-electron chi connectivity index (χ1n) is 2.47. The van der Waals surface area contributed by atoms with Crippen molar-refractivity contribution in [3.05, 3.63) is 0 Å². The number of nitrogens with zero attached hydrogens (tertiary/aromatic N) is 2. The predicted octanol–water partition coefficient (Wildman–Crippen LogP) is 0.472. The van der Waals surface area contributed by atoms with E-state index in [4.69, 9.17) is 10.5 Å². The maximum atomic E-state index is 8.01. The quantitative estimate of drug-likeness (QED) is 0.396. The summed E-state index contributed by atoms with van der Waals surface area (Å²) in [5.74, 6) is -0.872. The molecule has 0 radical (unpaired) electrons. The zero-order valence-electron chi connectivity index (χ0n) is 4.63. The topological polar surface area (TPSA) is 66.0 Å². The third-order valence-electron chi connectivity index (χ3n) is 1.12. The minimum Gasteiger partial charge on any atom is -0.381 e. The Morgan fingerprint density at radius 1 is 1.11 bits per heavy atom. The minimum atomic E-state index is -0.872. The highest BCUT2D eigenvalue weighted by molar-refractivity contribution is 4.90. The summed E-state index contributed by atoms with van der Waals surface area (Å²) in [5, 5.41) is 16.0. The molecule has 0 N–H and O–H groups in total. The lowest BCUT2D eigenvalue weighted by atomic mass is 10.7. The van der Waals surface area contributed by atoms with E-state index in [0.717, 1.165) is 0 Å². The summed E-state index contributed by atoms with van der Waals surface area (Å²) >= 11 is 0. The molecule has 0 spiro atoms. The Hall–Kier alpha value is -1.42. The molecular weight excluding hydrogens is 120 g/mol. The predicted molar refractivity (Wildman–Crippen MR) is 25.4 cm³/mol. The minimum absolute atomic E-state index is 0.633. The molecule has 1 aliphatic rings. The molecule has 0 aromatic carbocycles. The van der Waals surface area contributed by atoms with E-state index in [1.807, 2.05) is 0 Å². The molecule has 4 heteroatoms. The molecule has 0 aromatic rings. The standard InChI is InChI=1S/C5H4N2O2/c6-3-8-5(1-2-5)9-4-7/h1-2H2. The molecule has 0 bridgehead atoms. The largest absolute Gasteiger partial charge is 0.381 e. The van der Waals surface area contributed by atoms with E-state index < -0.39 is 5.79 Å². The normalized spacial score (nSPS) is 18.9. The Morgan fingerprint density at radius 3 is 1.78 bits per heavy atom. The van der Waals surface area contributed by atoms with Crippen LogP contribution < -0.4 is 0 Å². The monoisotopic (exact) mass is 124 g/mol. The Morgan fingerprint density at radius 2 is 1.56 bits per heavy atom. The highest BCUT2D eigenvalue weighted by Gasteiger charge is 2.49. The molecule has 0 aliphatic heterocycles. The van der Waals surface area contributed by atoms with Crippen molar-refractivity contribution in [3.8, 4) is 12.5 Å². The van der Waals surface area contributed by atoms with Gasteiger partial charge in [0.1, 0.15) is 0 Å². The number of ether oxygens (including phenoxy) is 2. The number of hydrogen-bond acceptors (Lipinski definition) is 4. The third-order valence-corrected chi connectivity index (χ3v) is 1.12. The Labute approximate surface area is 52.2 Å². The molecule has 46 valence electrons. The molecule has 0 aromatic heterocycles. The molecule has 0 saturated heterocycles. The van der Waals surface area contributed by atoms with E-state index >= 15 is 0 Å². The van der Waals surface area contributed by atoms with E-state index in [2.05, 4.69) is 9.47 Å². The van der Waals surface area contributed by atoms with Crippen LogP contribution in [0.1, 0.15) is 12.8 Å². The average Bonchev–Trinajstić information content (AvgIpc) is 2.51. The maximum Gasteiger partial charge on any atom is 0.290 e. The van der Waals surface area contributed by atoms with Gasteiger partial charge in [-0.3, -0.25) is 0 Å². The van der Waals surface area contributed by atoms with Crippen molar-refractivity contribution >= 4 is 0 Å². The van der Waals surface area contributed by atoms with Crippen molar-refractivity contribution in [1.29, 1.82) is 10.5 Å². The molecule has 9 heavy (non-hydrogen) atoms. The second-order valence-electron chi connectivity index (χ2n) is 1.80. The number of nitriles is 2. The number of rotatable bonds is 2.